The van der Waals surface area contributed by atoms with E-state index < -0.39 is 0 Å². The molecule has 4 heteroatoms. The highest BCUT2D eigenvalue weighted by Gasteiger charge is 2.21. The average Bonchev–Trinajstić information content (AvgIpc) is 2.56. The molecule has 1 rings (SSSR count). The van der Waals surface area contributed by atoms with E-state index in [0.717, 1.165) is 31.9 Å². The zero-order valence-corrected chi connectivity index (χ0v) is 13.5. The van der Waals surface area contributed by atoms with Gasteiger partial charge in [0.2, 0.25) is 0 Å². The first-order valence-corrected chi connectivity index (χ1v) is 7.22. The molecule has 110 valence electrons. The molecule has 0 aliphatic rings. The third-order valence-corrected chi connectivity index (χ3v) is 3.78. The number of aromatic nitrogens is 2. The normalized spacial score (nSPS) is 12.4. The van der Waals surface area contributed by atoms with Gasteiger partial charge in [-0.3, -0.25) is 9.58 Å². The summed E-state index contributed by atoms with van der Waals surface area (Å²) in [6.45, 7) is 14.8. The number of nitrogens with two attached hydrogens (primary N) is 1. The molecule has 2 N–H and O–H groups in total. The van der Waals surface area contributed by atoms with Crippen LogP contribution >= 0.6 is 0 Å². The monoisotopic (exact) mass is 266 g/mol. The molecular formula is C15H30N4. The van der Waals surface area contributed by atoms with Crippen molar-refractivity contribution in [2.24, 2.45) is 18.2 Å². The minimum Gasteiger partial charge on any atom is -0.330 e. The van der Waals surface area contributed by atoms with Gasteiger partial charge in [0, 0.05) is 31.4 Å². The molecule has 0 aromatic carbocycles. The lowest BCUT2D eigenvalue weighted by atomic mass is 9.92. The minimum atomic E-state index is 0.166. The fourth-order valence-corrected chi connectivity index (χ4v) is 2.47. The van der Waals surface area contributed by atoms with E-state index in [0.29, 0.717) is 0 Å². The Hall–Kier alpha value is -0.870. The van der Waals surface area contributed by atoms with Crippen molar-refractivity contribution in [1.82, 2.24) is 14.7 Å². The van der Waals surface area contributed by atoms with E-state index in [1.54, 1.807) is 0 Å². The summed E-state index contributed by atoms with van der Waals surface area (Å²) in [6.07, 6.45) is 1.17. The quantitative estimate of drug-likeness (QED) is 0.823. The van der Waals surface area contributed by atoms with E-state index in [9.17, 15) is 0 Å². The smallest absolute Gasteiger partial charge is 0.0641 e. The molecule has 0 bridgehead atoms. The fourth-order valence-electron chi connectivity index (χ4n) is 2.47. The van der Waals surface area contributed by atoms with E-state index in [-0.39, 0.29) is 5.41 Å². The molecule has 0 radical (unpaired) electrons. The lowest BCUT2D eigenvalue weighted by molar-refractivity contribution is 0.175. The Morgan fingerprint density at radius 3 is 2.37 bits per heavy atom. The zero-order valence-electron chi connectivity index (χ0n) is 13.5. The van der Waals surface area contributed by atoms with Gasteiger partial charge in [0.15, 0.2) is 0 Å². The lowest BCUT2D eigenvalue weighted by Gasteiger charge is -2.31. The summed E-state index contributed by atoms with van der Waals surface area (Å²) < 4.78 is 1.98. The molecule has 0 fully saturated rings. The topological polar surface area (TPSA) is 47.1 Å². The third kappa shape index (κ3) is 4.32. The van der Waals surface area contributed by atoms with Gasteiger partial charge in [0.1, 0.15) is 0 Å². The van der Waals surface area contributed by atoms with Crippen LogP contribution in [0.25, 0.3) is 0 Å². The van der Waals surface area contributed by atoms with E-state index in [4.69, 9.17) is 5.73 Å². The highest BCUT2D eigenvalue weighted by atomic mass is 15.3. The van der Waals surface area contributed by atoms with Gasteiger partial charge >= 0.3 is 0 Å². The zero-order chi connectivity index (χ0) is 14.6. The van der Waals surface area contributed by atoms with Crippen molar-refractivity contribution in [3.63, 3.8) is 0 Å². The maximum absolute atomic E-state index is 5.86. The number of nitrogens with zero attached hydrogens (tertiary/aromatic N) is 3. The Labute approximate surface area is 118 Å². The van der Waals surface area contributed by atoms with E-state index >= 15 is 0 Å². The average molecular weight is 266 g/mol. The Balaban J connectivity index is 2.83. The maximum Gasteiger partial charge on any atom is 0.0641 e. The number of hydrogen-bond acceptors (Lipinski definition) is 3. The molecule has 0 saturated carbocycles. The Morgan fingerprint density at radius 1 is 1.32 bits per heavy atom. The summed E-state index contributed by atoms with van der Waals surface area (Å²) in [5.41, 5.74) is 9.81. The van der Waals surface area contributed by atoms with Gasteiger partial charge < -0.3 is 5.73 Å². The van der Waals surface area contributed by atoms with Crippen molar-refractivity contribution in [1.29, 1.82) is 0 Å². The van der Waals surface area contributed by atoms with Crippen molar-refractivity contribution in [3.8, 4) is 0 Å². The predicted molar refractivity (Wildman–Crippen MR) is 81.1 cm³/mol. The number of aryl methyl sites for hydroxylation is 2. The van der Waals surface area contributed by atoms with Gasteiger partial charge in [-0.1, -0.05) is 20.8 Å². The summed E-state index contributed by atoms with van der Waals surface area (Å²) in [6, 6.07) is 0. The molecule has 4 nitrogen and oxygen atoms in total. The minimum absolute atomic E-state index is 0.166. The molecular weight excluding hydrogens is 236 g/mol. The van der Waals surface area contributed by atoms with Crippen LogP contribution in [0.2, 0.25) is 0 Å². The second kappa shape index (κ2) is 6.53. The van der Waals surface area contributed by atoms with Crippen molar-refractivity contribution < 1.29 is 0 Å². The van der Waals surface area contributed by atoms with Crippen LogP contribution in [0.4, 0.5) is 0 Å². The van der Waals surface area contributed by atoms with Gasteiger partial charge in [-0.05, 0) is 38.8 Å². The summed E-state index contributed by atoms with van der Waals surface area (Å²) >= 11 is 0. The van der Waals surface area contributed by atoms with Crippen LogP contribution in [0.15, 0.2) is 0 Å². The van der Waals surface area contributed by atoms with Crippen LogP contribution in [0.1, 0.15) is 44.1 Å². The molecule has 0 saturated heterocycles. The third-order valence-electron chi connectivity index (χ3n) is 3.78. The first kappa shape index (κ1) is 16.2. The summed E-state index contributed by atoms with van der Waals surface area (Å²) in [7, 11) is 2.01. The molecule has 19 heavy (non-hydrogen) atoms. The molecule has 1 aromatic rings. The van der Waals surface area contributed by atoms with Gasteiger partial charge in [0.05, 0.1) is 5.69 Å². The van der Waals surface area contributed by atoms with Crippen molar-refractivity contribution >= 4 is 0 Å². The molecule has 1 heterocycles. The van der Waals surface area contributed by atoms with Crippen LogP contribution in [-0.4, -0.2) is 34.3 Å². The second-order valence-electron chi connectivity index (χ2n) is 6.35. The molecule has 0 aliphatic heterocycles. The Bertz CT molecular complexity index is 407. The van der Waals surface area contributed by atoms with Crippen molar-refractivity contribution in [2.45, 2.75) is 47.6 Å². The Morgan fingerprint density at radius 2 is 1.95 bits per heavy atom. The molecule has 0 aliphatic carbocycles. The van der Waals surface area contributed by atoms with Crippen LogP contribution in [0.3, 0.4) is 0 Å². The number of hydrogen-bond donors (Lipinski definition) is 1. The standard InChI is InChI=1S/C15H30N4/c1-7-8-19(11-15(4,5)10-16)9-14-12(2)17-18(6)13(14)3/h7-11,16H2,1-6H3. The first-order chi connectivity index (χ1) is 8.80. The summed E-state index contributed by atoms with van der Waals surface area (Å²) in [5, 5.41) is 4.51. The largest absolute Gasteiger partial charge is 0.330 e. The SMILES string of the molecule is CCCN(Cc1c(C)nn(C)c1C)CC(C)(C)CN. The van der Waals surface area contributed by atoms with Gasteiger partial charge in [-0.15, -0.1) is 0 Å². The van der Waals surface area contributed by atoms with Crippen LogP contribution in [0.5, 0.6) is 0 Å². The second-order valence-corrected chi connectivity index (χ2v) is 6.35. The lowest BCUT2D eigenvalue weighted by Crippen LogP contribution is -2.39. The fraction of sp³-hybridized carbons (Fsp3) is 0.800. The summed E-state index contributed by atoms with van der Waals surface area (Å²) in [4.78, 5) is 2.50. The molecule has 0 atom stereocenters. The van der Waals surface area contributed by atoms with Gasteiger partial charge in [0.25, 0.3) is 0 Å². The maximum atomic E-state index is 5.86. The molecule has 1 aromatic heterocycles. The van der Waals surface area contributed by atoms with Crippen molar-refractivity contribution in [2.75, 3.05) is 19.6 Å². The Kier molecular flexibility index (Phi) is 5.56. The first-order valence-electron chi connectivity index (χ1n) is 7.22. The van der Waals surface area contributed by atoms with E-state index in [1.807, 2.05) is 11.7 Å². The predicted octanol–water partition coefficient (Wildman–Crippen LogP) is 2.23. The molecule has 0 unspecified atom stereocenters. The van der Waals surface area contributed by atoms with Crippen LogP contribution in [-0.2, 0) is 13.6 Å². The van der Waals surface area contributed by atoms with Gasteiger partial charge in [-0.2, -0.15) is 5.10 Å². The van der Waals surface area contributed by atoms with Crippen molar-refractivity contribution in [3.05, 3.63) is 17.0 Å². The van der Waals surface area contributed by atoms with E-state index in [2.05, 4.69) is 44.6 Å². The van der Waals surface area contributed by atoms with Gasteiger partial charge in [-0.25, -0.2) is 0 Å². The molecule has 0 amide bonds. The highest BCUT2D eigenvalue weighted by molar-refractivity contribution is 5.24. The van der Waals surface area contributed by atoms with Crippen LogP contribution < -0.4 is 5.73 Å². The number of rotatable bonds is 7. The van der Waals surface area contributed by atoms with E-state index in [1.165, 1.54) is 17.7 Å². The molecule has 0 spiro atoms. The van der Waals surface area contributed by atoms with Crippen LogP contribution in [0, 0.1) is 19.3 Å². The summed E-state index contributed by atoms with van der Waals surface area (Å²) in [5.74, 6) is 0. The highest BCUT2D eigenvalue weighted by Crippen LogP contribution is 2.20.